The lowest BCUT2D eigenvalue weighted by Gasteiger charge is -2.02. The zero-order valence-corrected chi connectivity index (χ0v) is 9.08. The van der Waals surface area contributed by atoms with Gasteiger partial charge in [0.15, 0.2) is 4.73 Å². The molecule has 1 rings (SSSR count). The van der Waals surface area contributed by atoms with E-state index in [-0.39, 0.29) is 16.5 Å². The maximum absolute atomic E-state index is 11.9. The molecule has 0 radical (unpaired) electrons. The molecule has 86 valence electrons. The summed E-state index contributed by atoms with van der Waals surface area (Å²) in [5, 5.41) is 9.21. The van der Waals surface area contributed by atoms with Crippen LogP contribution in [0.25, 0.3) is 5.76 Å². The van der Waals surface area contributed by atoms with Gasteiger partial charge < -0.3 is 5.11 Å². The fourth-order valence-electron chi connectivity index (χ4n) is 0.758. The van der Waals surface area contributed by atoms with Crippen LogP contribution in [0.1, 0.15) is 5.69 Å². The van der Waals surface area contributed by atoms with Gasteiger partial charge in [0.25, 0.3) is 5.78 Å². The van der Waals surface area contributed by atoms with Crippen LogP contribution in [0.15, 0.2) is 23.1 Å². The van der Waals surface area contributed by atoms with E-state index >= 15 is 0 Å². The predicted octanol–water partition coefficient (Wildman–Crippen LogP) is 2.27. The highest BCUT2D eigenvalue weighted by molar-refractivity contribution is 9.10. The van der Waals surface area contributed by atoms with Gasteiger partial charge in [0.05, 0.1) is 0 Å². The van der Waals surface area contributed by atoms with Crippen molar-refractivity contribution in [2.24, 2.45) is 0 Å². The number of aliphatic hydroxyl groups is 1. The number of halogens is 4. The molecule has 1 heterocycles. The predicted molar refractivity (Wildman–Crippen MR) is 51.4 cm³/mol. The first-order valence-electron chi connectivity index (χ1n) is 3.81. The summed E-state index contributed by atoms with van der Waals surface area (Å²) in [7, 11) is 0. The standard InChI is InChI=1S/C8H4BrF3N2O2/c9-7-13-2-1-4(14-7)5(15)3-6(16)8(10,11)12/h1-3,15H. The van der Waals surface area contributed by atoms with Crippen molar-refractivity contribution in [3.8, 4) is 0 Å². The normalized spacial score (nSPS) is 12.6. The third-order valence-electron chi connectivity index (χ3n) is 1.44. The molecule has 0 aliphatic heterocycles. The van der Waals surface area contributed by atoms with Crippen molar-refractivity contribution in [2.45, 2.75) is 6.18 Å². The summed E-state index contributed by atoms with van der Waals surface area (Å²) in [5.74, 6) is -3.02. The molecule has 0 aliphatic carbocycles. The molecule has 0 aromatic carbocycles. The molecule has 16 heavy (non-hydrogen) atoms. The summed E-state index contributed by atoms with van der Waals surface area (Å²) in [5.41, 5.74) is -0.181. The van der Waals surface area contributed by atoms with Crippen LogP contribution in [-0.2, 0) is 4.79 Å². The van der Waals surface area contributed by atoms with Crippen molar-refractivity contribution in [2.75, 3.05) is 0 Å². The Morgan fingerprint density at radius 2 is 2.12 bits per heavy atom. The highest BCUT2D eigenvalue weighted by Gasteiger charge is 2.37. The highest BCUT2D eigenvalue weighted by Crippen LogP contribution is 2.19. The van der Waals surface area contributed by atoms with E-state index < -0.39 is 17.7 Å². The second-order valence-electron chi connectivity index (χ2n) is 2.60. The maximum atomic E-state index is 11.9. The summed E-state index contributed by atoms with van der Waals surface area (Å²) in [6.45, 7) is 0. The van der Waals surface area contributed by atoms with Gasteiger partial charge in [-0.1, -0.05) is 0 Å². The van der Waals surface area contributed by atoms with Crippen molar-refractivity contribution in [3.63, 3.8) is 0 Å². The third kappa shape index (κ3) is 3.30. The lowest BCUT2D eigenvalue weighted by Crippen LogP contribution is -2.20. The Hall–Kier alpha value is -1.44. The summed E-state index contributed by atoms with van der Waals surface area (Å²) >= 11 is 2.87. The molecule has 0 atom stereocenters. The summed E-state index contributed by atoms with van der Waals surface area (Å²) in [6.07, 6.45) is -3.73. The van der Waals surface area contributed by atoms with Crippen LogP contribution in [0, 0.1) is 0 Å². The number of aliphatic hydroxyl groups excluding tert-OH is 1. The highest BCUT2D eigenvalue weighted by atomic mass is 79.9. The van der Waals surface area contributed by atoms with Crippen molar-refractivity contribution < 1.29 is 23.1 Å². The van der Waals surface area contributed by atoms with E-state index in [1.54, 1.807) is 0 Å². The van der Waals surface area contributed by atoms with Crippen LogP contribution < -0.4 is 0 Å². The summed E-state index contributed by atoms with van der Waals surface area (Å²) in [6, 6.07) is 1.17. The Balaban J connectivity index is 2.99. The van der Waals surface area contributed by atoms with Crippen molar-refractivity contribution in [3.05, 3.63) is 28.8 Å². The third-order valence-corrected chi connectivity index (χ3v) is 1.82. The second kappa shape index (κ2) is 4.60. The number of allylic oxidation sites excluding steroid dienone is 1. The number of carbonyl (C=O) groups is 1. The van der Waals surface area contributed by atoms with Gasteiger partial charge in [0.1, 0.15) is 11.5 Å². The van der Waals surface area contributed by atoms with Gasteiger partial charge in [-0.25, -0.2) is 9.97 Å². The van der Waals surface area contributed by atoms with E-state index in [2.05, 4.69) is 25.9 Å². The number of rotatable bonds is 2. The molecule has 0 spiro atoms. The monoisotopic (exact) mass is 296 g/mol. The topological polar surface area (TPSA) is 63.1 Å². The van der Waals surface area contributed by atoms with E-state index in [0.717, 1.165) is 0 Å². The zero-order valence-electron chi connectivity index (χ0n) is 7.49. The quantitative estimate of drug-likeness (QED) is 0.517. The van der Waals surface area contributed by atoms with Gasteiger partial charge in [0.2, 0.25) is 0 Å². The van der Waals surface area contributed by atoms with E-state index in [4.69, 9.17) is 0 Å². The molecular formula is C8H4BrF3N2O2. The Labute approximate surface area is 96.0 Å². The molecule has 4 nitrogen and oxygen atoms in total. The first-order chi connectivity index (χ1) is 7.30. The number of alkyl halides is 3. The van der Waals surface area contributed by atoms with Crippen LogP contribution in [0.3, 0.4) is 0 Å². The van der Waals surface area contributed by atoms with Crippen LogP contribution in [-0.4, -0.2) is 27.0 Å². The smallest absolute Gasteiger partial charge is 0.454 e. The molecule has 0 aliphatic rings. The number of nitrogens with zero attached hydrogens (tertiary/aromatic N) is 2. The van der Waals surface area contributed by atoms with Crippen molar-refractivity contribution in [1.82, 2.24) is 9.97 Å². The van der Waals surface area contributed by atoms with E-state index in [1.165, 1.54) is 12.3 Å². The Bertz CT molecular complexity index is 445. The number of carbonyl (C=O) groups excluding carboxylic acids is 1. The summed E-state index contributed by atoms with van der Waals surface area (Å²) < 4.78 is 35.7. The second-order valence-corrected chi connectivity index (χ2v) is 3.31. The average molecular weight is 297 g/mol. The molecule has 1 aromatic rings. The molecule has 0 bridgehead atoms. The molecule has 8 heteroatoms. The SMILES string of the molecule is O=C(C=C(O)c1ccnc(Br)n1)C(F)(F)F. The van der Waals surface area contributed by atoms with Gasteiger partial charge in [-0.2, -0.15) is 13.2 Å². The fraction of sp³-hybridized carbons (Fsp3) is 0.125. The van der Waals surface area contributed by atoms with E-state index in [0.29, 0.717) is 0 Å². The summed E-state index contributed by atoms with van der Waals surface area (Å²) in [4.78, 5) is 17.7. The minimum Gasteiger partial charge on any atom is -0.506 e. The lowest BCUT2D eigenvalue weighted by atomic mass is 10.2. The molecule has 0 fully saturated rings. The van der Waals surface area contributed by atoms with Gasteiger partial charge in [-0.3, -0.25) is 4.79 Å². The van der Waals surface area contributed by atoms with Crippen LogP contribution in [0.2, 0.25) is 0 Å². The molecular weight excluding hydrogens is 293 g/mol. The molecule has 1 aromatic heterocycles. The molecule has 0 saturated carbocycles. The number of hydrogen-bond acceptors (Lipinski definition) is 4. The van der Waals surface area contributed by atoms with Gasteiger partial charge in [-0.05, 0) is 22.0 Å². The van der Waals surface area contributed by atoms with Gasteiger partial charge in [0, 0.05) is 12.3 Å². The van der Waals surface area contributed by atoms with Crippen LogP contribution in [0.5, 0.6) is 0 Å². The first-order valence-corrected chi connectivity index (χ1v) is 4.61. The number of aromatic nitrogens is 2. The largest absolute Gasteiger partial charge is 0.506 e. The molecule has 0 saturated heterocycles. The van der Waals surface area contributed by atoms with Crippen LogP contribution in [0.4, 0.5) is 13.2 Å². The average Bonchev–Trinajstić information content (AvgIpc) is 2.16. The number of hydrogen-bond donors (Lipinski definition) is 1. The lowest BCUT2D eigenvalue weighted by molar-refractivity contribution is -0.165. The number of ketones is 1. The zero-order chi connectivity index (χ0) is 12.3. The minimum atomic E-state index is -5.02. The Morgan fingerprint density at radius 1 is 1.50 bits per heavy atom. The van der Waals surface area contributed by atoms with Crippen LogP contribution >= 0.6 is 15.9 Å². The molecule has 0 unspecified atom stereocenters. The first kappa shape index (κ1) is 12.6. The van der Waals surface area contributed by atoms with Crippen molar-refractivity contribution >= 4 is 27.5 Å². The van der Waals surface area contributed by atoms with E-state index in [9.17, 15) is 23.1 Å². The molecule has 0 amide bonds. The Morgan fingerprint density at radius 3 is 2.62 bits per heavy atom. The Kier molecular flexibility index (Phi) is 3.63. The minimum absolute atomic E-state index is 0.0643. The van der Waals surface area contributed by atoms with Gasteiger partial charge >= 0.3 is 6.18 Å². The van der Waals surface area contributed by atoms with E-state index in [1.807, 2.05) is 0 Å². The maximum Gasteiger partial charge on any atom is 0.454 e. The fourth-order valence-corrected chi connectivity index (χ4v) is 1.07. The molecule has 1 N–H and O–H groups in total. The van der Waals surface area contributed by atoms with Crippen molar-refractivity contribution in [1.29, 1.82) is 0 Å². The van der Waals surface area contributed by atoms with Gasteiger partial charge in [-0.15, -0.1) is 0 Å².